The average Bonchev–Trinajstić information content (AvgIpc) is 2.88. The Bertz CT molecular complexity index is 568. The Morgan fingerprint density at radius 3 is 3.05 bits per heavy atom. The molecule has 2 heterocycles. The molecule has 2 aromatic rings. The van der Waals surface area contributed by atoms with E-state index in [4.69, 9.17) is 14.4 Å². The van der Waals surface area contributed by atoms with Gasteiger partial charge in [0.2, 0.25) is 5.88 Å². The molecule has 7 nitrogen and oxygen atoms in total. The van der Waals surface area contributed by atoms with Crippen molar-refractivity contribution in [2.24, 2.45) is 0 Å². The van der Waals surface area contributed by atoms with E-state index in [2.05, 4.69) is 15.5 Å². The van der Waals surface area contributed by atoms with Crippen LogP contribution in [0.3, 0.4) is 0 Å². The second kappa shape index (κ2) is 5.96. The minimum atomic E-state index is -1.11. The Morgan fingerprint density at radius 2 is 2.37 bits per heavy atom. The number of ether oxygens (including phenoxy) is 1. The molecular weight excluding hydrogens is 250 g/mol. The zero-order chi connectivity index (χ0) is 13.7. The first-order valence-corrected chi connectivity index (χ1v) is 5.58. The van der Waals surface area contributed by atoms with Crippen LogP contribution in [0.2, 0.25) is 0 Å². The van der Waals surface area contributed by atoms with Gasteiger partial charge >= 0.3 is 5.97 Å². The summed E-state index contributed by atoms with van der Waals surface area (Å²) in [6, 6.07) is 5.09. The van der Waals surface area contributed by atoms with Crippen LogP contribution in [0.25, 0.3) is 0 Å². The fourth-order valence-corrected chi connectivity index (χ4v) is 1.56. The zero-order valence-electron chi connectivity index (χ0n) is 10.3. The van der Waals surface area contributed by atoms with Crippen molar-refractivity contribution in [2.75, 3.05) is 7.11 Å². The molecule has 7 heteroatoms. The maximum Gasteiger partial charge on any atom is 0.358 e. The maximum atomic E-state index is 10.6. The number of carboxylic acid groups (broad SMARTS) is 1. The lowest BCUT2D eigenvalue weighted by molar-refractivity contribution is 0.0685. The monoisotopic (exact) mass is 263 g/mol. The predicted octanol–water partition coefficient (Wildman–Crippen LogP) is 1.07. The van der Waals surface area contributed by atoms with E-state index in [1.54, 1.807) is 13.3 Å². The molecule has 0 unspecified atom stereocenters. The molecular formula is C12H13N3O4. The summed E-state index contributed by atoms with van der Waals surface area (Å²) in [7, 11) is 1.56. The molecule has 0 spiro atoms. The summed E-state index contributed by atoms with van der Waals surface area (Å²) in [5.41, 5.74) is 0.804. The van der Waals surface area contributed by atoms with Gasteiger partial charge < -0.3 is 19.7 Å². The van der Waals surface area contributed by atoms with Gasteiger partial charge in [-0.2, -0.15) is 0 Å². The third-order valence-corrected chi connectivity index (χ3v) is 2.44. The molecule has 0 saturated heterocycles. The normalized spacial score (nSPS) is 10.4. The van der Waals surface area contributed by atoms with Crippen molar-refractivity contribution in [1.29, 1.82) is 0 Å². The number of hydrogen-bond acceptors (Lipinski definition) is 6. The van der Waals surface area contributed by atoms with E-state index in [-0.39, 0.29) is 5.69 Å². The average molecular weight is 263 g/mol. The number of methoxy groups -OCH3 is 1. The SMILES string of the molecule is COc1ncccc1CNCc1cc(C(=O)O)no1. The maximum absolute atomic E-state index is 10.6. The van der Waals surface area contributed by atoms with Crippen LogP contribution in [0.5, 0.6) is 5.88 Å². The Labute approximate surface area is 109 Å². The highest BCUT2D eigenvalue weighted by molar-refractivity contribution is 5.85. The Kier molecular flexibility index (Phi) is 4.09. The summed E-state index contributed by atoms with van der Waals surface area (Å²) in [5, 5.41) is 15.2. The number of aromatic carboxylic acids is 1. The van der Waals surface area contributed by atoms with Gasteiger partial charge in [0.25, 0.3) is 0 Å². The molecule has 19 heavy (non-hydrogen) atoms. The van der Waals surface area contributed by atoms with Crippen molar-refractivity contribution in [3.05, 3.63) is 41.4 Å². The standard InChI is InChI=1S/C12H13N3O4/c1-18-11-8(3-2-4-14-11)6-13-7-9-5-10(12(16)17)15-19-9/h2-5,13H,6-7H2,1H3,(H,16,17). The van der Waals surface area contributed by atoms with Gasteiger partial charge in [0.05, 0.1) is 13.7 Å². The summed E-state index contributed by atoms with van der Waals surface area (Å²) < 4.78 is 10.00. The summed E-state index contributed by atoms with van der Waals surface area (Å²) in [5.74, 6) is -0.0945. The highest BCUT2D eigenvalue weighted by Gasteiger charge is 2.10. The molecule has 2 N–H and O–H groups in total. The van der Waals surface area contributed by atoms with Crippen LogP contribution >= 0.6 is 0 Å². The van der Waals surface area contributed by atoms with Crippen molar-refractivity contribution in [1.82, 2.24) is 15.5 Å². The molecule has 100 valence electrons. The molecule has 0 amide bonds. The van der Waals surface area contributed by atoms with Crippen LogP contribution in [0.4, 0.5) is 0 Å². The third-order valence-electron chi connectivity index (χ3n) is 2.44. The second-order valence-corrected chi connectivity index (χ2v) is 3.76. The number of nitrogens with zero attached hydrogens (tertiary/aromatic N) is 2. The topological polar surface area (TPSA) is 97.5 Å². The lowest BCUT2D eigenvalue weighted by atomic mass is 10.2. The van der Waals surface area contributed by atoms with E-state index in [0.717, 1.165) is 5.56 Å². The highest BCUT2D eigenvalue weighted by Crippen LogP contribution is 2.13. The summed E-state index contributed by atoms with van der Waals surface area (Å²) in [4.78, 5) is 14.7. The molecule has 0 atom stereocenters. The molecule has 0 aliphatic rings. The van der Waals surface area contributed by atoms with Gasteiger partial charge in [-0.05, 0) is 6.07 Å². The molecule has 0 aliphatic heterocycles. The number of aromatic nitrogens is 2. The van der Waals surface area contributed by atoms with Gasteiger partial charge in [0.15, 0.2) is 11.5 Å². The fraction of sp³-hybridized carbons (Fsp3) is 0.250. The van der Waals surface area contributed by atoms with Crippen molar-refractivity contribution < 1.29 is 19.2 Å². The van der Waals surface area contributed by atoms with Gasteiger partial charge in [-0.25, -0.2) is 9.78 Å². The van der Waals surface area contributed by atoms with Crippen LogP contribution in [-0.2, 0) is 13.1 Å². The van der Waals surface area contributed by atoms with Crippen molar-refractivity contribution in [3.63, 3.8) is 0 Å². The minimum absolute atomic E-state index is 0.101. The van der Waals surface area contributed by atoms with E-state index in [1.807, 2.05) is 12.1 Å². The predicted molar refractivity (Wildman–Crippen MR) is 64.8 cm³/mol. The van der Waals surface area contributed by atoms with Gasteiger partial charge in [-0.3, -0.25) is 0 Å². The molecule has 0 bridgehead atoms. The smallest absolute Gasteiger partial charge is 0.358 e. The molecule has 0 aromatic carbocycles. The highest BCUT2D eigenvalue weighted by atomic mass is 16.5. The largest absolute Gasteiger partial charge is 0.481 e. The Hall–Kier alpha value is -2.41. The van der Waals surface area contributed by atoms with E-state index >= 15 is 0 Å². The third kappa shape index (κ3) is 3.29. The van der Waals surface area contributed by atoms with Crippen LogP contribution in [0.15, 0.2) is 28.9 Å². The lowest BCUT2D eigenvalue weighted by Crippen LogP contribution is -2.13. The van der Waals surface area contributed by atoms with E-state index in [9.17, 15) is 4.79 Å². The summed E-state index contributed by atoms with van der Waals surface area (Å²) >= 11 is 0. The number of hydrogen-bond donors (Lipinski definition) is 2. The second-order valence-electron chi connectivity index (χ2n) is 3.76. The molecule has 0 fully saturated rings. The van der Waals surface area contributed by atoms with Gasteiger partial charge in [0.1, 0.15) is 0 Å². The Morgan fingerprint density at radius 1 is 1.53 bits per heavy atom. The zero-order valence-corrected chi connectivity index (χ0v) is 10.3. The van der Waals surface area contributed by atoms with Crippen molar-refractivity contribution in [3.8, 4) is 5.88 Å². The summed E-state index contributed by atoms with van der Waals surface area (Å²) in [6.07, 6.45) is 1.65. The van der Waals surface area contributed by atoms with Crippen molar-refractivity contribution in [2.45, 2.75) is 13.1 Å². The quantitative estimate of drug-likeness (QED) is 0.804. The number of carbonyl (C=O) groups is 1. The van der Waals surface area contributed by atoms with Crippen LogP contribution in [0, 0.1) is 0 Å². The van der Waals surface area contributed by atoms with E-state index in [0.29, 0.717) is 24.7 Å². The number of carboxylic acids is 1. The van der Waals surface area contributed by atoms with Crippen molar-refractivity contribution >= 4 is 5.97 Å². The van der Waals surface area contributed by atoms with E-state index in [1.165, 1.54) is 6.07 Å². The van der Waals surface area contributed by atoms with E-state index < -0.39 is 5.97 Å². The van der Waals surface area contributed by atoms with Gasteiger partial charge in [-0.15, -0.1) is 0 Å². The first kappa shape index (κ1) is 13.0. The number of pyridine rings is 1. The lowest BCUT2D eigenvalue weighted by Gasteiger charge is -2.06. The number of nitrogens with one attached hydrogen (secondary N) is 1. The van der Waals surface area contributed by atoms with Gasteiger partial charge in [-0.1, -0.05) is 11.2 Å². The summed E-state index contributed by atoms with van der Waals surface area (Å²) in [6.45, 7) is 0.901. The van der Waals surface area contributed by atoms with Gasteiger partial charge in [0, 0.05) is 24.4 Å². The van der Waals surface area contributed by atoms with Crippen LogP contribution in [-0.4, -0.2) is 28.3 Å². The molecule has 2 rings (SSSR count). The Balaban J connectivity index is 1.90. The molecule has 0 aliphatic carbocycles. The first-order chi connectivity index (χ1) is 9.20. The van der Waals surface area contributed by atoms with Crippen LogP contribution in [0.1, 0.15) is 21.8 Å². The fourth-order valence-electron chi connectivity index (χ4n) is 1.56. The minimum Gasteiger partial charge on any atom is -0.481 e. The van der Waals surface area contributed by atoms with Crippen LogP contribution < -0.4 is 10.1 Å². The molecule has 0 radical (unpaired) electrons. The molecule has 2 aromatic heterocycles. The molecule has 0 saturated carbocycles. The number of rotatable bonds is 6. The first-order valence-electron chi connectivity index (χ1n) is 5.58.